The predicted molar refractivity (Wildman–Crippen MR) is 76.2 cm³/mol. The van der Waals surface area contributed by atoms with E-state index in [9.17, 15) is 10.0 Å². The lowest BCUT2D eigenvalue weighted by atomic mass is 9.83. The molecule has 1 amide bonds. The van der Waals surface area contributed by atoms with Gasteiger partial charge in [0.2, 0.25) is 0 Å². The summed E-state index contributed by atoms with van der Waals surface area (Å²) in [6.45, 7) is 1.87. The number of carbonyl (C=O) groups is 1. The highest BCUT2D eigenvalue weighted by molar-refractivity contribution is 5.95. The Morgan fingerprint density at radius 3 is 3.00 bits per heavy atom. The maximum absolute atomic E-state index is 12.4. The minimum atomic E-state index is -0.205. The van der Waals surface area contributed by atoms with Gasteiger partial charge in [0, 0.05) is 18.2 Å². The van der Waals surface area contributed by atoms with Crippen molar-refractivity contribution in [1.82, 2.24) is 10.3 Å². The Kier molecular flexibility index (Phi) is 2.77. The molecule has 110 valence electrons. The molecule has 6 heteroatoms. The van der Waals surface area contributed by atoms with E-state index in [1.807, 2.05) is 0 Å². The average molecular weight is 287 g/mol. The zero-order valence-electron chi connectivity index (χ0n) is 11.6. The van der Waals surface area contributed by atoms with Crippen molar-refractivity contribution >= 4 is 16.9 Å². The molecule has 1 N–H and O–H groups in total. The summed E-state index contributed by atoms with van der Waals surface area (Å²) in [6.07, 6.45) is 4.94. The van der Waals surface area contributed by atoms with E-state index in [0.29, 0.717) is 36.8 Å². The van der Waals surface area contributed by atoms with E-state index in [2.05, 4.69) is 10.3 Å². The van der Waals surface area contributed by atoms with Gasteiger partial charge in [-0.15, -0.1) is 0 Å². The van der Waals surface area contributed by atoms with Crippen molar-refractivity contribution in [2.24, 2.45) is 5.92 Å². The number of fused-ring (bicyclic) bond motifs is 4. The molecule has 5 heterocycles. The summed E-state index contributed by atoms with van der Waals surface area (Å²) in [5, 5.41) is 16.2. The molecule has 6 nitrogen and oxygen atoms in total. The predicted octanol–water partition coefficient (Wildman–Crippen LogP) is 1.66. The van der Waals surface area contributed by atoms with Gasteiger partial charge in [-0.3, -0.25) is 4.79 Å². The number of aromatic nitrogens is 1. The number of amides is 1. The van der Waals surface area contributed by atoms with E-state index in [1.165, 1.54) is 0 Å². The quantitative estimate of drug-likeness (QED) is 0.673. The van der Waals surface area contributed by atoms with Crippen LogP contribution in [0.15, 0.2) is 29.0 Å². The minimum Gasteiger partial charge on any atom is -0.633 e. The first kappa shape index (κ1) is 12.8. The standard InChI is InChI=1S/C15H17N3O3/c19-15(12-7-11-3-6-21-14(11)8-16-12)17-13-9-18(20)4-1-10(13)2-5-18/h3,6-8,10,13H,1-2,4-5,9H2,(H,17,19)/t10?,13-,18?/m0/s1. The molecule has 3 saturated heterocycles. The number of nitrogens with one attached hydrogen (secondary N) is 1. The summed E-state index contributed by atoms with van der Waals surface area (Å²) >= 11 is 0. The highest BCUT2D eigenvalue weighted by Gasteiger charge is 2.41. The van der Waals surface area contributed by atoms with Gasteiger partial charge >= 0.3 is 0 Å². The molecule has 0 radical (unpaired) electrons. The molecule has 2 aromatic heterocycles. The number of hydrogen-bond donors (Lipinski definition) is 1. The third-order valence-corrected chi connectivity index (χ3v) is 4.80. The lowest BCUT2D eigenvalue weighted by molar-refractivity contribution is -0.898. The molecule has 3 aliphatic rings. The Hall–Kier alpha value is -1.92. The summed E-state index contributed by atoms with van der Waals surface area (Å²) in [4.78, 5) is 16.5. The molecule has 0 aromatic carbocycles. The van der Waals surface area contributed by atoms with Gasteiger partial charge in [0.15, 0.2) is 5.58 Å². The molecule has 5 rings (SSSR count). The molecule has 0 aliphatic carbocycles. The number of carbonyl (C=O) groups excluding carboxylic acids is 1. The van der Waals surface area contributed by atoms with E-state index < -0.39 is 0 Å². The van der Waals surface area contributed by atoms with Crippen LogP contribution in [0.4, 0.5) is 0 Å². The first-order chi connectivity index (χ1) is 10.1. The molecule has 0 unspecified atom stereocenters. The number of pyridine rings is 1. The molecule has 21 heavy (non-hydrogen) atoms. The largest absolute Gasteiger partial charge is 0.633 e. The maximum atomic E-state index is 12.4. The topological polar surface area (TPSA) is 78.2 Å². The van der Waals surface area contributed by atoms with Crippen LogP contribution in [0.3, 0.4) is 0 Å². The second-order valence-corrected chi connectivity index (χ2v) is 6.13. The van der Waals surface area contributed by atoms with E-state index in [1.54, 1.807) is 24.6 Å². The molecule has 1 atom stereocenters. The van der Waals surface area contributed by atoms with Crippen LogP contribution < -0.4 is 5.32 Å². The fourth-order valence-corrected chi connectivity index (χ4v) is 3.55. The maximum Gasteiger partial charge on any atom is 0.270 e. The fraction of sp³-hybridized carbons (Fsp3) is 0.467. The van der Waals surface area contributed by atoms with Gasteiger partial charge in [-0.1, -0.05) is 0 Å². The van der Waals surface area contributed by atoms with Crippen molar-refractivity contribution in [3.05, 3.63) is 35.5 Å². The highest BCUT2D eigenvalue weighted by atomic mass is 16.5. The van der Waals surface area contributed by atoms with Crippen LogP contribution in [0.2, 0.25) is 0 Å². The van der Waals surface area contributed by atoms with Crippen molar-refractivity contribution < 1.29 is 13.9 Å². The van der Waals surface area contributed by atoms with E-state index in [0.717, 1.165) is 18.2 Å². The van der Waals surface area contributed by atoms with Gasteiger partial charge in [0.1, 0.15) is 5.69 Å². The molecule has 0 saturated carbocycles. The van der Waals surface area contributed by atoms with Crippen LogP contribution in [-0.4, -0.2) is 41.2 Å². The first-order valence-corrected chi connectivity index (χ1v) is 7.34. The van der Waals surface area contributed by atoms with Crippen LogP contribution in [0, 0.1) is 11.1 Å². The lowest BCUT2D eigenvalue weighted by Crippen LogP contribution is -2.64. The molecule has 0 spiro atoms. The Morgan fingerprint density at radius 1 is 1.43 bits per heavy atom. The Morgan fingerprint density at radius 2 is 2.24 bits per heavy atom. The SMILES string of the molecule is O=C(N[C@H]1C[N+]2([O-])CCC1CC2)c1cc2ccoc2cn1. The third-order valence-electron chi connectivity index (χ3n) is 4.80. The smallest absolute Gasteiger partial charge is 0.270 e. The van der Waals surface area contributed by atoms with Crippen molar-refractivity contribution in [1.29, 1.82) is 0 Å². The van der Waals surface area contributed by atoms with Gasteiger partial charge in [-0.25, -0.2) is 4.98 Å². The fourth-order valence-electron chi connectivity index (χ4n) is 3.55. The number of nitrogens with zero attached hydrogens (tertiary/aromatic N) is 2. The molecule has 2 bridgehead atoms. The Balaban J connectivity index is 1.52. The number of hydroxylamine groups is 3. The Bertz CT molecular complexity index is 688. The van der Waals surface area contributed by atoms with Crippen molar-refractivity contribution in [2.45, 2.75) is 18.9 Å². The average Bonchev–Trinajstić information content (AvgIpc) is 2.94. The molecule has 3 fully saturated rings. The van der Waals surface area contributed by atoms with Crippen LogP contribution >= 0.6 is 0 Å². The zero-order chi connectivity index (χ0) is 14.4. The number of quaternary nitrogens is 1. The van der Waals surface area contributed by atoms with Crippen molar-refractivity contribution in [3.63, 3.8) is 0 Å². The van der Waals surface area contributed by atoms with E-state index in [4.69, 9.17) is 4.42 Å². The summed E-state index contributed by atoms with van der Waals surface area (Å²) in [7, 11) is 0. The monoisotopic (exact) mass is 287 g/mol. The number of piperidine rings is 3. The second kappa shape index (κ2) is 4.54. The van der Waals surface area contributed by atoms with E-state index >= 15 is 0 Å². The lowest BCUT2D eigenvalue weighted by Gasteiger charge is -2.55. The summed E-state index contributed by atoms with van der Waals surface area (Å²) in [6, 6.07) is 3.50. The van der Waals surface area contributed by atoms with Crippen molar-refractivity contribution in [2.75, 3.05) is 19.6 Å². The Labute approximate surface area is 121 Å². The van der Waals surface area contributed by atoms with Crippen LogP contribution in [0.1, 0.15) is 23.3 Å². The highest BCUT2D eigenvalue weighted by Crippen LogP contribution is 2.33. The normalized spacial score (nSPS) is 31.5. The number of furan rings is 1. The molecular formula is C15H17N3O3. The van der Waals surface area contributed by atoms with Gasteiger partial charge in [0.25, 0.3) is 5.91 Å². The summed E-state index contributed by atoms with van der Waals surface area (Å²) < 4.78 is 5.06. The number of rotatable bonds is 2. The van der Waals surface area contributed by atoms with Gasteiger partial charge in [0.05, 0.1) is 38.1 Å². The van der Waals surface area contributed by atoms with Gasteiger partial charge in [-0.2, -0.15) is 0 Å². The van der Waals surface area contributed by atoms with Gasteiger partial charge < -0.3 is 19.6 Å². The van der Waals surface area contributed by atoms with Crippen molar-refractivity contribution in [3.8, 4) is 0 Å². The molecular weight excluding hydrogens is 270 g/mol. The van der Waals surface area contributed by atoms with E-state index in [-0.39, 0.29) is 16.6 Å². The third kappa shape index (κ3) is 2.20. The van der Waals surface area contributed by atoms with Crippen LogP contribution in [-0.2, 0) is 0 Å². The zero-order valence-corrected chi connectivity index (χ0v) is 11.6. The van der Waals surface area contributed by atoms with Crippen LogP contribution in [0.5, 0.6) is 0 Å². The van der Waals surface area contributed by atoms with Gasteiger partial charge in [-0.05, 0) is 18.1 Å². The van der Waals surface area contributed by atoms with Crippen LogP contribution in [0.25, 0.3) is 11.0 Å². The minimum absolute atomic E-state index is 0.0284. The summed E-state index contributed by atoms with van der Waals surface area (Å²) in [5.74, 6) is 0.226. The molecule has 3 aliphatic heterocycles. The molecule has 2 aromatic rings. The summed E-state index contributed by atoms with van der Waals surface area (Å²) in [5.41, 5.74) is 1.04. The number of hydrogen-bond acceptors (Lipinski definition) is 4. The first-order valence-electron chi connectivity index (χ1n) is 7.34. The second-order valence-electron chi connectivity index (χ2n) is 6.13.